The van der Waals surface area contributed by atoms with Crippen molar-refractivity contribution in [2.75, 3.05) is 31.2 Å². The maximum atomic E-state index is 8.87. The van der Waals surface area contributed by atoms with E-state index in [0.717, 1.165) is 5.69 Å². The topological polar surface area (TPSA) is 60.0 Å². The predicted molar refractivity (Wildman–Crippen MR) is 87.4 cm³/mol. The molecule has 22 heavy (non-hydrogen) atoms. The van der Waals surface area contributed by atoms with Crippen molar-refractivity contribution in [2.24, 2.45) is 0 Å². The van der Waals surface area contributed by atoms with Crippen molar-refractivity contribution in [3.63, 3.8) is 0 Å². The molecule has 0 N–H and O–H groups in total. The highest BCUT2D eigenvalue weighted by molar-refractivity contribution is 5.94. The Morgan fingerprint density at radius 1 is 0.864 bits per heavy atom. The summed E-state index contributed by atoms with van der Waals surface area (Å²) in [5.41, 5.74) is 1.12. The van der Waals surface area contributed by atoms with E-state index >= 15 is 0 Å². The Morgan fingerprint density at radius 2 is 1.64 bits per heavy atom. The molecule has 0 aromatic heterocycles. The molecule has 0 amide bonds. The van der Waals surface area contributed by atoms with Crippen LogP contribution in [0.15, 0.2) is 42.5 Å². The van der Waals surface area contributed by atoms with Crippen molar-refractivity contribution in [2.45, 2.75) is 12.8 Å². The second kappa shape index (κ2) is 8.67. The summed E-state index contributed by atoms with van der Waals surface area (Å²) in [7, 11) is 0. The van der Waals surface area contributed by atoms with Crippen molar-refractivity contribution >= 4 is 16.5 Å². The maximum absolute atomic E-state index is 8.87. The first-order chi connectivity index (χ1) is 10.9. The standard InChI is InChI=1S/C18H19N3O/c19-10-4-12-21(13-15-22-14-5-11-20)18-9-3-7-16-6-1-2-8-17(16)18/h1-3,6-9H,4-5,12-15H2. The van der Waals surface area contributed by atoms with Crippen LogP contribution < -0.4 is 4.90 Å². The van der Waals surface area contributed by atoms with Gasteiger partial charge < -0.3 is 9.64 Å². The number of nitriles is 2. The van der Waals surface area contributed by atoms with E-state index in [2.05, 4.69) is 41.3 Å². The van der Waals surface area contributed by atoms with Gasteiger partial charge in [-0.1, -0.05) is 36.4 Å². The molecule has 0 radical (unpaired) electrons. The lowest BCUT2D eigenvalue weighted by Crippen LogP contribution is -2.28. The minimum atomic E-state index is 0.409. The van der Waals surface area contributed by atoms with E-state index in [-0.39, 0.29) is 0 Å². The van der Waals surface area contributed by atoms with Gasteiger partial charge in [0.15, 0.2) is 0 Å². The smallest absolute Gasteiger partial charge is 0.0645 e. The van der Waals surface area contributed by atoms with Gasteiger partial charge in [-0.05, 0) is 11.5 Å². The van der Waals surface area contributed by atoms with Gasteiger partial charge in [0, 0.05) is 24.2 Å². The SMILES string of the molecule is N#CCCOCCN(CCC#N)c1cccc2ccccc12. The van der Waals surface area contributed by atoms with E-state index in [9.17, 15) is 0 Å². The molecule has 0 fully saturated rings. The fourth-order valence-corrected chi connectivity index (χ4v) is 2.42. The fourth-order valence-electron chi connectivity index (χ4n) is 2.42. The highest BCUT2D eigenvalue weighted by atomic mass is 16.5. The third-order valence-corrected chi connectivity index (χ3v) is 3.46. The monoisotopic (exact) mass is 293 g/mol. The van der Waals surface area contributed by atoms with Gasteiger partial charge in [0.25, 0.3) is 0 Å². The fraction of sp³-hybridized carbons (Fsp3) is 0.333. The van der Waals surface area contributed by atoms with Crippen LogP contribution in [0, 0.1) is 22.7 Å². The lowest BCUT2D eigenvalue weighted by molar-refractivity contribution is 0.146. The summed E-state index contributed by atoms with van der Waals surface area (Å²) in [5.74, 6) is 0. The van der Waals surface area contributed by atoms with Gasteiger partial charge in [-0.15, -0.1) is 0 Å². The molecule has 0 saturated carbocycles. The molecule has 2 aromatic rings. The average molecular weight is 293 g/mol. The van der Waals surface area contributed by atoms with Gasteiger partial charge >= 0.3 is 0 Å². The van der Waals surface area contributed by atoms with Crippen LogP contribution in [-0.2, 0) is 4.74 Å². The van der Waals surface area contributed by atoms with Crippen LogP contribution in [0.3, 0.4) is 0 Å². The van der Waals surface area contributed by atoms with Crippen LogP contribution >= 0.6 is 0 Å². The predicted octanol–water partition coefficient (Wildman–Crippen LogP) is 3.49. The first-order valence-corrected chi connectivity index (χ1v) is 7.41. The first kappa shape index (κ1) is 15.8. The normalized spacial score (nSPS) is 10.1. The summed E-state index contributed by atoms with van der Waals surface area (Å²) >= 11 is 0. The van der Waals surface area contributed by atoms with Crippen molar-refractivity contribution in [3.8, 4) is 12.1 Å². The zero-order valence-electron chi connectivity index (χ0n) is 12.5. The van der Waals surface area contributed by atoms with Crippen molar-refractivity contribution < 1.29 is 4.74 Å². The summed E-state index contributed by atoms with van der Waals surface area (Å²) in [6.07, 6.45) is 0.883. The molecule has 4 nitrogen and oxygen atoms in total. The second-order valence-electron chi connectivity index (χ2n) is 4.91. The zero-order valence-corrected chi connectivity index (χ0v) is 12.5. The minimum Gasteiger partial charge on any atom is -0.379 e. The highest BCUT2D eigenvalue weighted by Crippen LogP contribution is 2.26. The molecule has 2 rings (SSSR count). The molecule has 0 atom stereocenters. The molecule has 0 aliphatic heterocycles. The van der Waals surface area contributed by atoms with Crippen molar-refractivity contribution in [1.82, 2.24) is 0 Å². The largest absolute Gasteiger partial charge is 0.379 e. The molecule has 0 aliphatic rings. The minimum absolute atomic E-state index is 0.409. The molecule has 2 aromatic carbocycles. The van der Waals surface area contributed by atoms with Crippen LogP contribution in [-0.4, -0.2) is 26.3 Å². The number of nitrogens with zero attached hydrogens (tertiary/aromatic N) is 3. The van der Waals surface area contributed by atoms with E-state index in [4.69, 9.17) is 15.3 Å². The maximum Gasteiger partial charge on any atom is 0.0645 e. The average Bonchev–Trinajstić information content (AvgIpc) is 2.57. The molecular formula is C18H19N3O. The van der Waals surface area contributed by atoms with Crippen LogP contribution in [0.2, 0.25) is 0 Å². The number of fused-ring (bicyclic) bond motifs is 1. The van der Waals surface area contributed by atoms with Gasteiger partial charge in [0.05, 0.1) is 38.2 Å². The number of benzene rings is 2. The third kappa shape index (κ3) is 4.22. The highest BCUT2D eigenvalue weighted by Gasteiger charge is 2.09. The summed E-state index contributed by atoms with van der Waals surface area (Å²) in [5, 5.41) is 19.8. The Kier molecular flexibility index (Phi) is 6.23. The molecule has 0 bridgehead atoms. The van der Waals surface area contributed by atoms with Gasteiger partial charge in [-0.3, -0.25) is 0 Å². The Hall–Kier alpha value is -2.56. The summed E-state index contributed by atoms with van der Waals surface area (Å²) in [4.78, 5) is 2.18. The lowest BCUT2D eigenvalue weighted by atomic mass is 10.1. The second-order valence-corrected chi connectivity index (χ2v) is 4.91. The summed E-state index contributed by atoms with van der Waals surface area (Å²) in [6, 6.07) is 18.7. The molecule has 0 aliphatic carbocycles. The third-order valence-electron chi connectivity index (χ3n) is 3.46. The Bertz CT molecular complexity index is 679. The number of anilines is 1. The Morgan fingerprint density at radius 3 is 2.45 bits per heavy atom. The van der Waals surface area contributed by atoms with Crippen LogP contribution in [0.4, 0.5) is 5.69 Å². The number of rotatable bonds is 8. The molecule has 112 valence electrons. The zero-order chi connectivity index (χ0) is 15.6. The Labute approximate surface area is 131 Å². The van der Waals surface area contributed by atoms with Crippen LogP contribution in [0.25, 0.3) is 10.8 Å². The van der Waals surface area contributed by atoms with Crippen molar-refractivity contribution in [3.05, 3.63) is 42.5 Å². The lowest BCUT2D eigenvalue weighted by Gasteiger charge is -2.25. The Balaban J connectivity index is 2.13. The van der Waals surface area contributed by atoms with E-state index in [0.29, 0.717) is 39.1 Å². The van der Waals surface area contributed by atoms with E-state index in [1.165, 1.54) is 10.8 Å². The molecule has 4 heteroatoms. The number of ether oxygens (including phenoxy) is 1. The van der Waals surface area contributed by atoms with Crippen LogP contribution in [0.1, 0.15) is 12.8 Å². The van der Waals surface area contributed by atoms with E-state index in [1.54, 1.807) is 0 Å². The van der Waals surface area contributed by atoms with Gasteiger partial charge in [0.2, 0.25) is 0 Å². The van der Waals surface area contributed by atoms with E-state index in [1.807, 2.05) is 18.2 Å². The number of hydrogen-bond donors (Lipinski definition) is 0. The molecule has 0 saturated heterocycles. The van der Waals surface area contributed by atoms with Gasteiger partial charge in [0.1, 0.15) is 0 Å². The quantitative estimate of drug-likeness (QED) is 0.699. The molecule has 0 unspecified atom stereocenters. The van der Waals surface area contributed by atoms with Crippen molar-refractivity contribution in [1.29, 1.82) is 10.5 Å². The van der Waals surface area contributed by atoms with Gasteiger partial charge in [-0.25, -0.2) is 0 Å². The summed E-state index contributed by atoms with van der Waals surface area (Å²) < 4.78 is 5.47. The van der Waals surface area contributed by atoms with E-state index < -0.39 is 0 Å². The summed E-state index contributed by atoms with van der Waals surface area (Å²) in [6.45, 7) is 2.39. The number of hydrogen-bond acceptors (Lipinski definition) is 4. The molecular weight excluding hydrogens is 274 g/mol. The first-order valence-electron chi connectivity index (χ1n) is 7.41. The molecule has 0 heterocycles. The van der Waals surface area contributed by atoms with Gasteiger partial charge in [-0.2, -0.15) is 10.5 Å². The molecule has 0 spiro atoms. The van der Waals surface area contributed by atoms with Crippen LogP contribution in [0.5, 0.6) is 0 Å².